The smallest absolute Gasteiger partial charge is 0.253 e. The van der Waals surface area contributed by atoms with Gasteiger partial charge in [0.15, 0.2) is 0 Å². The molecule has 136 valence electrons. The number of ether oxygens (including phenoxy) is 1. The van der Waals surface area contributed by atoms with Crippen LogP contribution >= 0.6 is 0 Å². The van der Waals surface area contributed by atoms with Gasteiger partial charge in [0.2, 0.25) is 5.91 Å². The third-order valence-corrected chi connectivity index (χ3v) is 4.54. The van der Waals surface area contributed by atoms with Crippen LogP contribution in [0.25, 0.3) is 0 Å². The number of carbonyl (C=O) groups is 2. The Hall–Kier alpha value is -2.82. The van der Waals surface area contributed by atoms with Crippen molar-refractivity contribution in [3.8, 4) is 5.75 Å². The van der Waals surface area contributed by atoms with Crippen LogP contribution in [0.4, 0.5) is 0 Å². The fourth-order valence-corrected chi connectivity index (χ4v) is 3.13. The summed E-state index contributed by atoms with van der Waals surface area (Å²) in [5.74, 6) is 0.761. The molecule has 2 aromatic rings. The third-order valence-electron chi connectivity index (χ3n) is 4.54. The zero-order valence-corrected chi connectivity index (χ0v) is 15.0. The molecule has 1 aliphatic heterocycles. The first-order chi connectivity index (χ1) is 12.6. The fourth-order valence-electron chi connectivity index (χ4n) is 3.13. The van der Waals surface area contributed by atoms with Crippen molar-refractivity contribution in [3.63, 3.8) is 0 Å². The number of hydrogen-bond donors (Lipinski definition) is 1. The molecular weight excluding hydrogens is 328 g/mol. The Morgan fingerprint density at radius 2 is 1.69 bits per heavy atom. The second-order valence-electron chi connectivity index (χ2n) is 6.57. The summed E-state index contributed by atoms with van der Waals surface area (Å²) in [4.78, 5) is 25.6. The van der Waals surface area contributed by atoms with Crippen LogP contribution in [0.15, 0.2) is 54.6 Å². The summed E-state index contributed by atoms with van der Waals surface area (Å²) >= 11 is 0. The van der Waals surface area contributed by atoms with Crippen LogP contribution in [0.1, 0.15) is 35.7 Å². The first-order valence-electron chi connectivity index (χ1n) is 8.95. The summed E-state index contributed by atoms with van der Waals surface area (Å²) in [7, 11) is 0. The van der Waals surface area contributed by atoms with E-state index in [0.717, 1.165) is 24.2 Å². The standard InChI is InChI=1S/C21H24N2O3/c1-16(24)22-19-11-13-23(14-12-19)21(25)18-7-9-20(10-8-18)26-15-17-5-3-2-4-6-17/h2-10,19H,11-15H2,1H3,(H,22,24). The third kappa shape index (κ3) is 4.85. The van der Waals surface area contributed by atoms with Crippen LogP contribution in [-0.4, -0.2) is 35.8 Å². The molecule has 5 nitrogen and oxygen atoms in total. The molecule has 5 heteroatoms. The number of nitrogens with one attached hydrogen (secondary N) is 1. The van der Waals surface area contributed by atoms with Gasteiger partial charge in [-0.15, -0.1) is 0 Å². The van der Waals surface area contributed by atoms with E-state index in [-0.39, 0.29) is 17.9 Å². The molecule has 2 amide bonds. The van der Waals surface area contributed by atoms with Gasteiger partial charge in [-0.05, 0) is 42.7 Å². The van der Waals surface area contributed by atoms with Crippen molar-refractivity contribution in [2.45, 2.75) is 32.4 Å². The van der Waals surface area contributed by atoms with Gasteiger partial charge in [-0.25, -0.2) is 0 Å². The molecule has 1 heterocycles. The average molecular weight is 352 g/mol. The zero-order chi connectivity index (χ0) is 18.4. The van der Waals surface area contributed by atoms with Crippen LogP contribution < -0.4 is 10.1 Å². The minimum Gasteiger partial charge on any atom is -0.489 e. The Kier molecular flexibility index (Phi) is 5.89. The molecule has 1 N–H and O–H groups in total. The monoisotopic (exact) mass is 352 g/mol. The number of nitrogens with zero attached hydrogens (tertiary/aromatic N) is 1. The lowest BCUT2D eigenvalue weighted by Gasteiger charge is -2.32. The predicted octanol–water partition coefficient (Wildman–Crippen LogP) is 3.01. The number of carbonyl (C=O) groups excluding carboxylic acids is 2. The van der Waals surface area contributed by atoms with E-state index in [9.17, 15) is 9.59 Å². The van der Waals surface area contributed by atoms with E-state index in [4.69, 9.17) is 4.74 Å². The van der Waals surface area contributed by atoms with Crippen molar-refractivity contribution in [2.75, 3.05) is 13.1 Å². The second kappa shape index (κ2) is 8.52. The maximum Gasteiger partial charge on any atom is 0.253 e. The maximum atomic E-state index is 12.6. The number of amides is 2. The molecule has 0 radical (unpaired) electrons. The van der Waals surface area contributed by atoms with Gasteiger partial charge < -0.3 is 15.0 Å². The van der Waals surface area contributed by atoms with Gasteiger partial charge in [0, 0.05) is 31.6 Å². The van der Waals surface area contributed by atoms with Crippen molar-refractivity contribution in [1.29, 1.82) is 0 Å². The number of rotatable bonds is 5. The van der Waals surface area contributed by atoms with Crippen LogP contribution in [0.2, 0.25) is 0 Å². The highest BCUT2D eigenvalue weighted by atomic mass is 16.5. The molecule has 0 aliphatic carbocycles. The van der Waals surface area contributed by atoms with Gasteiger partial charge in [-0.2, -0.15) is 0 Å². The van der Waals surface area contributed by atoms with Gasteiger partial charge in [-0.3, -0.25) is 9.59 Å². The van der Waals surface area contributed by atoms with Gasteiger partial charge in [-0.1, -0.05) is 30.3 Å². The molecule has 1 aliphatic rings. The average Bonchev–Trinajstić information content (AvgIpc) is 2.67. The van der Waals surface area contributed by atoms with Gasteiger partial charge in [0.1, 0.15) is 12.4 Å². The fraction of sp³-hybridized carbons (Fsp3) is 0.333. The Morgan fingerprint density at radius 3 is 2.31 bits per heavy atom. The SMILES string of the molecule is CC(=O)NC1CCN(C(=O)c2ccc(OCc3ccccc3)cc2)CC1. The Labute approximate surface area is 154 Å². The molecule has 0 atom stereocenters. The van der Waals surface area contributed by atoms with E-state index >= 15 is 0 Å². The normalized spacial score (nSPS) is 14.7. The van der Waals surface area contributed by atoms with Crippen molar-refractivity contribution in [2.24, 2.45) is 0 Å². The Balaban J connectivity index is 1.52. The van der Waals surface area contributed by atoms with Crippen molar-refractivity contribution >= 4 is 11.8 Å². The minimum absolute atomic E-state index is 0.0131. The van der Waals surface area contributed by atoms with Gasteiger partial charge in [0.05, 0.1) is 0 Å². The Bertz CT molecular complexity index is 736. The number of benzene rings is 2. The maximum absolute atomic E-state index is 12.6. The van der Waals surface area contributed by atoms with Gasteiger partial charge in [0.25, 0.3) is 5.91 Å². The molecule has 0 bridgehead atoms. The minimum atomic E-state index is -0.0131. The van der Waals surface area contributed by atoms with Crippen LogP contribution in [0.3, 0.4) is 0 Å². The van der Waals surface area contributed by atoms with Crippen LogP contribution in [0.5, 0.6) is 5.75 Å². The van der Waals surface area contributed by atoms with Crippen molar-refractivity contribution in [3.05, 3.63) is 65.7 Å². The largest absolute Gasteiger partial charge is 0.489 e. The molecule has 0 unspecified atom stereocenters. The van der Waals surface area contributed by atoms with Crippen LogP contribution in [-0.2, 0) is 11.4 Å². The van der Waals surface area contributed by atoms with E-state index in [1.54, 1.807) is 0 Å². The molecule has 26 heavy (non-hydrogen) atoms. The quantitative estimate of drug-likeness (QED) is 0.900. The first-order valence-corrected chi connectivity index (χ1v) is 8.95. The molecule has 2 aromatic carbocycles. The van der Waals surface area contributed by atoms with E-state index in [1.807, 2.05) is 59.5 Å². The molecule has 3 rings (SSSR count). The van der Waals surface area contributed by atoms with Crippen LogP contribution in [0, 0.1) is 0 Å². The second-order valence-corrected chi connectivity index (χ2v) is 6.57. The molecule has 1 saturated heterocycles. The van der Waals surface area contributed by atoms with E-state index in [2.05, 4.69) is 5.32 Å². The number of piperidine rings is 1. The Morgan fingerprint density at radius 1 is 1.04 bits per heavy atom. The number of hydrogen-bond acceptors (Lipinski definition) is 3. The summed E-state index contributed by atoms with van der Waals surface area (Å²) in [6.45, 7) is 3.36. The lowest BCUT2D eigenvalue weighted by atomic mass is 10.0. The highest BCUT2D eigenvalue weighted by Gasteiger charge is 2.23. The zero-order valence-electron chi connectivity index (χ0n) is 15.0. The van der Waals surface area contributed by atoms with Crippen molar-refractivity contribution in [1.82, 2.24) is 10.2 Å². The van der Waals surface area contributed by atoms with Crippen molar-refractivity contribution < 1.29 is 14.3 Å². The summed E-state index contributed by atoms with van der Waals surface area (Å²) in [5.41, 5.74) is 1.77. The lowest BCUT2D eigenvalue weighted by molar-refractivity contribution is -0.119. The molecule has 0 saturated carbocycles. The predicted molar refractivity (Wildman–Crippen MR) is 100.0 cm³/mol. The molecule has 1 fully saturated rings. The lowest BCUT2D eigenvalue weighted by Crippen LogP contribution is -2.46. The summed E-state index contributed by atoms with van der Waals surface area (Å²) in [5, 5.41) is 2.92. The van der Waals surface area contributed by atoms with E-state index in [1.165, 1.54) is 6.92 Å². The summed E-state index contributed by atoms with van der Waals surface area (Å²) in [6.07, 6.45) is 1.59. The molecule has 0 aromatic heterocycles. The molecule has 0 spiro atoms. The van der Waals surface area contributed by atoms with Gasteiger partial charge >= 0.3 is 0 Å². The summed E-state index contributed by atoms with van der Waals surface area (Å²) in [6, 6.07) is 17.4. The van der Waals surface area contributed by atoms with E-state index < -0.39 is 0 Å². The highest BCUT2D eigenvalue weighted by molar-refractivity contribution is 5.94. The van der Waals surface area contributed by atoms with E-state index in [0.29, 0.717) is 25.3 Å². The number of likely N-dealkylation sites (tertiary alicyclic amines) is 1. The summed E-state index contributed by atoms with van der Waals surface area (Å²) < 4.78 is 5.76. The highest BCUT2D eigenvalue weighted by Crippen LogP contribution is 2.18. The topological polar surface area (TPSA) is 58.6 Å². The first kappa shape index (κ1) is 18.0. The molecular formula is C21H24N2O3.